The van der Waals surface area contributed by atoms with Crippen LogP contribution in [0.3, 0.4) is 0 Å². The van der Waals surface area contributed by atoms with E-state index in [0.717, 1.165) is 64.2 Å². The van der Waals surface area contributed by atoms with Gasteiger partial charge in [-0.3, -0.25) is 9.59 Å². The predicted octanol–water partition coefficient (Wildman–Crippen LogP) is 13.1. The third kappa shape index (κ3) is 35.0. The zero-order chi connectivity index (χ0) is 31.5. The minimum absolute atomic E-state index is 0.00151. The lowest BCUT2D eigenvalue weighted by Crippen LogP contribution is -2.18. The molecule has 0 aliphatic carbocycles. The molecule has 1 unspecified atom stereocenters. The van der Waals surface area contributed by atoms with Crippen molar-refractivity contribution in [2.24, 2.45) is 0 Å². The maximum Gasteiger partial charge on any atom is 0.306 e. The molecule has 0 bridgehead atoms. The summed E-state index contributed by atoms with van der Waals surface area (Å²) < 4.78 is 5.99. The summed E-state index contributed by atoms with van der Waals surface area (Å²) >= 11 is 0. The van der Waals surface area contributed by atoms with Crippen LogP contribution in [0.15, 0.2) is 12.2 Å². The van der Waals surface area contributed by atoms with Crippen LogP contribution in [0, 0.1) is 0 Å². The van der Waals surface area contributed by atoms with Gasteiger partial charge in [0.05, 0.1) is 0 Å². The summed E-state index contributed by atoms with van der Waals surface area (Å²) in [6.07, 6.45) is 42.2. The van der Waals surface area contributed by atoms with Crippen LogP contribution >= 0.6 is 0 Å². The van der Waals surface area contributed by atoms with Crippen molar-refractivity contribution in [2.45, 2.75) is 225 Å². The second kappa shape index (κ2) is 35.2. The van der Waals surface area contributed by atoms with Gasteiger partial charge in [0.1, 0.15) is 6.10 Å². The molecule has 0 aliphatic rings. The molecule has 0 radical (unpaired) electrons. The van der Waals surface area contributed by atoms with Gasteiger partial charge in [0.25, 0.3) is 0 Å². The summed E-state index contributed by atoms with van der Waals surface area (Å²) in [7, 11) is 0. The first kappa shape index (κ1) is 41.7. The number of carboxylic acid groups (broad SMARTS) is 1. The largest absolute Gasteiger partial charge is 0.481 e. The Balaban J connectivity index is 4.04. The topological polar surface area (TPSA) is 63.6 Å². The van der Waals surface area contributed by atoms with E-state index in [1.807, 2.05) is 0 Å². The van der Waals surface area contributed by atoms with Crippen LogP contribution in [0.1, 0.15) is 219 Å². The summed E-state index contributed by atoms with van der Waals surface area (Å²) in [5.74, 6) is -0.700. The number of carboxylic acids is 1. The lowest BCUT2D eigenvalue weighted by Gasteiger charge is -2.18. The molecule has 0 amide bonds. The normalized spacial score (nSPS) is 12.2. The fraction of sp³-hybridized carbons (Fsp3) is 0.897. The number of hydrogen-bond donors (Lipinski definition) is 1. The first-order chi connectivity index (χ1) is 21.1. The van der Waals surface area contributed by atoms with Crippen LogP contribution < -0.4 is 0 Å². The number of ether oxygens (including phenoxy) is 1. The lowest BCUT2D eigenvalue weighted by atomic mass is 10.0. The fourth-order valence-electron chi connectivity index (χ4n) is 5.87. The molecule has 4 heteroatoms. The van der Waals surface area contributed by atoms with E-state index < -0.39 is 5.97 Å². The molecule has 0 fully saturated rings. The number of unbranched alkanes of at least 4 members (excludes halogenated alkanes) is 24. The SMILES string of the molecule is CCCC/C=C\CCCCCCCCC(=O)OC(CCCCCCCCCCCCCCC)CCCCCCCC(=O)O. The Morgan fingerprint density at radius 2 is 0.860 bits per heavy atom. The minimum Gasteiger partial charge on any atom is -0.481 e. The van der Waals surface area contributed by atoms with Crippen molar-refractivity contribution in [3.8, 4) is 0 Å². The van der Waals surface area contributed by atoms with Gasteiger partial charge in [0.15, 0.2) is 0 Å². The fourth-order valence-corrected chi connectivity index (χ4v) is 5.87. The van der Waals surface area contributed by atoms with Crippen LogP contribution in [0.4, 0.5) is 0 Å². The van der Waals surface area contributed by atoms with Gasteiger partial charge in [-0.15, -0.1) is 0 Å². The van der Waals surface area contributed by atoms with Crippen molar-refractivity contribution in [2.75, 3.05) is 0 Å². The molecule has 43 heavy (non-hydrogen) atoms. The lowest BCUT2D eigenvalue weighted by molar-refractivity contribution is -0.150. The molecule has 1 atom stereocenters. The van der Waals surface area contributed by atoms with E-state index >= 15 is 0 Å². The summed E-state index contributed by atoms with van der Waals surface area (Å²) in [4.78, 5) is 23.3. The highest BCUT2D eigenvalue weighted by atomic mass is 16.5. The number of hydrogen-bond acceptors (Lipinski definition) is 3. The van der Waals surface area contributed by atoms with Crippen LogP contribution in [-0.4, -0.2) is 23.1 Å². The quantitative estimate of drug-likeness (QED) is 0.0443. The zero-order valence-corrected chi connectivity index (χ0v) is 29.0. The Hall–Kier alpha value is -1.32. The number of esters is 1. The molecule has 0 spiro atoms. The zero-order valence-electron chi connectivity index (χ0n) is 29.0. The van der Waals surface area contributed by atoms with Crippen molar-refractivity contribution in [3.05, 3.63) is 12.2 Å². The van der Waals surface area contributed by atoms with Crippen molar-refractivity contribution >= 4 is 11.9 Å². The second-order valence-electron chi connectivity index (χ2n) is 13.1. The molecule has 1 N–H and O–H groups in total. The first-order valence-electron chi connectivity index (χ1n) is 19.2. The Morgan fingerprint density at radius 1 is 0.488 bits per heavy atom. The molecule has 0 aromatic carbocycles. The monoisotopic (exact) mass is 607 g/mol. The molecule has 254 valence electrons. The number of rotatable bonds is 35. The van der Waals surface area contributed by atoms with Gasteiger partial charge in [-0.25, -0.2) is 0 Å². The molecular weight excluding hydrogens is 532 g/mol. The minimum atomic E-state index is -0.699. The van der Waals surface area contributed by atoms with Gasteiger partial charge in [0.2, 0.25) is 0 Å². The van der Waals surface area contributed by atoms with Crippen LogP contribution in [-0.2, 0) is 14.3 Å². The van der Waals surface area contributed by atoms with Crippen LogP contribution in [0.5, 0.6) is 0 Å². The third-order valence-electron chi connectivity index (χ3n) is 8.74. The number of carbonyl (C=O) groups is 2. The van der Waals surface area contributed by atoms with Gasteiger partial charge in [0, 0.05) is 12.8 Å². The third-order valence-corrected chi connectivity index (χ3v) is 8.74. The molecule has 0 aromatic heterocycles. The van der Waals surface area contributed by atoms with Gasteiger partial charge in [-0.1, -0.05) is 161 Å². The Morgan fingerprint density at radius 3 is 1.33 bits per heavy atom. The second-order valence-corrected chi connectivity index (χ2v) is 13.1. The van der Waals surface area contributed by atoms with E-state index in [1.54, 1.807) is 0 Å². The van der Waals surface area contributed by atoms with E-state index in [-0.39, 0.29) is 18.5 Å². The molecule has 0 saturated heterocycles. The maximum absolute atomic E-state index is 12.6. The van der Waals surface area contributed by atoms with Crippen molar-refractivity contribution in [1.29, 1.82) is 0 Å². The maximum atomic E-state index is 12.6. The molecule has 0 heterocycles. The summed E-state index contributed by atoms with van der Waals surface area (Å²) in [5.41, 5.74) is 0. The highest BCUT2D eigenvalue weighted by Gasteiger charge is 2.14. The molecule has 0 rings (SSSR count). The number of carbonyl (C=O) groups excluding carboxylic acids is 1. The summed E-state index contributed by atoms with van der Waals surface area (Å²) in [6, 6.07) is 0. The van der Waals surface area contributed by atoms with E-state index in [9.17, 15) is 9.59 Å². The molecule has 4 nitrogen and oxygen atoms in total. The van der Waals surface area contributed by atoms with Crippen molar-refractivity contribution in [3.63, 3.8) is 0 Å². The summed E-state index contributed by atoms with van der Waals surface area (Å²) in [6.45, 7) is 4.52. The van der Waals surface area contributed by atoms with Crippen molar-refractivity contribution < 1.29 is 19.4 Å². The van der Waals surface area contributed by atoms with Crippen LogP contribution in [0.25, 0.3) is 0 Å². The van der Waals surface area contributed by atoms with Crippen molar-refractivity contribution in [1.82, 2.24) is 0 Å². The number of allylic oxidation sites excluding steroid dienone is 2. The van der Waals surface area contributed by atoms with Gasteiger partial charge in [-0.2, -0.15) is 0 Å². The van der Waals surface area contributed by atoms with E-state index in [0.29, 0.717) is 6.42 Å². The van der Waals surface area contributed by atoms with Gasteiger partial charge in [-0.05, 0) is 57.8 Å². The van der Waals surface area contributed by atoms with E-state index in [1.165, 1.54) is 128 Å². The molecule has 0 saturated carbocycles. The molecular formula is C39H74O4. The first-order valence-corrected chi connectivity index (χ1v) is 19.2. The standard InChI is InChI=1S/C39H74O4/c1-3-5-7-9-11-13-15-17-18-20-22-25-29-33-37(34-30-26-24-27-31-35-38(40)41)43-39(42)36-32-28-23-21-19-16-14-12-10-8-6-4-2/h10,12,37H,3-9,11,13-36H2,1-2H3,(H,40,41)/b12-10-. The Bertz CT molecular complexity index is 614. The molecule has 0 aliphatic heterocycles. The average molecular weight is 607 g/mol. The smallest absolute Gasteiger partial charge is 0.306 e. The highest BCUT2D eigenvalue weighted by Crippen LogP contribution is 2.19. The number of aliphatic carboxylic acids is 1. The summed E-state index contributed by atoms with van der Waals surface area (Å²) in [5, 5.41) is 8.81. The van der Waals surface area contributed by atoms with E-state index in [2.05, 4.69) is 26.0 Å². The highest BCUT2D eigenvalue weighted by molar-refractivity contribution is 5.69. The van der Waals surface area contributed by atoms with Gasteiger partial charge < -0.3 is 9.84 Å². The average Bonchev–Trinajstić information content (AvgIpc) is 2.99. The predicted molar refractivity (Wildman–Crippen MR) is 186 cm³/mol. The van der Waals surface area contributed by atoms with E-state index in [4.69, 9.17) is 9.84 Å². The van der Waals surface area contributed by atoms with Gasteiger partial charge >= 0.3 is 11.9 Å². The molecule has 0 aromatic rings. The Labute approximate surface area is 268 Å². The van der Waals surface area contributed by atoms with Crippen LogP contribution in [0.2, 0.25) is 0 Å². The Kier molecular flexibility index (Phi) is 34.1.